The van der Waals surface area contributed by atoms with Crippen molar-refractivity contribution in [1.82, 2.24) is 14.9 Å². The molecule has 170 valence electrons. The number of anilines is 1. The Kier molecular flexibility index (Phi) is 7.53. The van der Waals surface area contributed by atoms with E-state index in [9.17, 15) is 9.59 Å². The van der Waals surface area contributed by atoms with Gasteiger partial charge in [-0.1, -0.05) is 29.8 Å². The number of benzene rings is 1. The Morgan fingerprint density at radius 2 is 1.53 bits per heavy atom. The van der Waals surface area contributed by atoms with Crippen molar-refractivity contribution in [3.05, 3.63) is 42.2 Å². The van der Waals surface area contributed by atoms with E-state index in [0.29, 0.717) is 58.2 Å². The molecule has 2 fully saturated rings. The Bertz CT molecular complexity index is 918. The smallest absolute Gasteiger partial charge is 0.238 e. The topological polar surface area (TPSA) is 119 Å². The maximum absolute atomic E-state index is 13.1. The molecule has 3 heterocycles. The molecule has 1 aromatic heterocycles. The van der Waals surface area contributed by atoms with E-state index in [1.54, 1.807) is 4.90 Å². The highest BCUT2D eigenvalue weighted by molar-refractivity contribution is 6.04. The number of aryl methyl sites for hydroxylation is 1. The fourth-order valence-electron chi connectivity index (χ4n) is 4.08. The van der Waals surface area contributed by atoms with Gasteiger partial charge in [-0.15, -0.1) is 0 Å². The van der Waals surface area contributed by atoms with Crippen LogP contribution >= 0.6 is 0 Å². The first kappa shape index (κ1) is 23.3. The summed E-state index contributed by atoms with van der Waals surface area (Å²) in [5.74, 6) is -0.0736. The van der Waals surface area contributed by atoms with Gasteiger partial charge in [0.25, 0.3) is 0 Å². The molecule has 2 aliphatic rings. The molecule has 32 heavy (non-hydrogen) atoms. The van der Waals surface area contributed by atoms with Crippen molar-refractivity contribution in [2.45, 2.75) is 19.8 Å². The number of rotatable bonds is 4. The fourth-order valence-corrected chi connectivity index (χ4v) is 4.08. The molecule has 2 saturated heterocycles. The second-order valence-corrected chi connectivity index (χ2v) is 7.98. The SMILES string of the molecule is C=O.Cc1ccc(-c2cnc(N3CCN(C(=O)C4(C(N)=O)CCOCC4)CC3)nc2)cc1. The minimum absolute atomic E-state index is 0.173. The number of amides is 2. The Balaban J connectivity index is 0.00000141. The lowest BCUT2D eigenvalue weighted by Crippen LogP contribution is -2.58. The number of carbonyl (C=O) groups excluding carboxylic acids is 3. The zero-order chi connectivity index (χ0) is 23.1. The van der Waals surface area contributed by atoms with Gasteiger partial charge in [-0.05, 0) is 25.3 Å². The van der Waals surface area contributed by atoms with E-state index in [1.807, 2.05) is 19.2 Å². The molecule has 0 bridgehead atoms. The van der Waals surface area contributed by atoms with Crippen LogP contribution in [0.2, 0.25) is 0 Å². The lowest BCUT2D eigenvalue weighted by Gasteiger charge is -2.41. The Labute approximate surface area is 187 Å². The number of nitrogens with two attached hydrogens (primary N) is 1. The zero-order valence-electron chi connectivity index (χ0n) is 18.3. The van der Waals surface area contributed by atoms with Gasteiger partial charge in [0, 0.05) is 57.3 Å². The normalized spacial score (nSPS) is 17.8. The maximum atomic E-state index is 13.1. The van der Waals surface area contributed by atoms with E-state index in [4.69, 9.17) is 15.3 Å². The number of carbonyl (C=O) groups is 3. The van der Waals surface area contributed by atoms with E-state index in [-0.39, 0.29) is 5.91 Å². The molecular formula is C23H29N5O4. The predicted molar refractivity (Wildman–Crippen MR) is 120 cm³/mol. The third-order valence-corrected chi connectivity index (χ3v) is 6.10. The van der Waals surface area contributed by atoms with E-state index in [1.165, 1.54) is 5.56 Å². The molecule has 0 radical (unpaired) electrons. The van der Waals surface area contributed by atoms with E-state index < -0.39 is 11.3 Å². The van der Waals surface area contributed by atoms with Crippen molar-refractivity contribution in [3.8, 4) is 11.1 Å². The first-order valence-electron chi connectivity index (χ1n) is 10.6. The maximum Gasteiger partial charge on any atom is 0.238 e. The second kappa shape index (κ2) is 10.3. The van der Waals surface area contributed by atoms with Crippen LogP contribution in [0.25, 0.3) is 11.1 Å². The van der Waals surface area contributed by atoms with E-state index in [2.05, 4.69) is 46.1 Å². The summed E-state index contributed by atoms with van der Waals surface area (Å²) in [7, 11) is 0. The molecule has 9 nitrogen and oxygen atoms in total. The standard InChI is InChI=1S/C22H27N5O3.CH2O/c1-16-2-4-17(5-3-16)18-14-24-21(25-15-18)27-10-8-26(9-11-27)20(29)22(19(23)28)6-12-30-13-7-22;1-2/h2-5,14-15H,6-13H2,1H3,(H2,23,28);1H2. The minimum Gasteiger partial charge on any atom is -0.381 e. The zero-order valence-corrected chi connectivity index (χ0v) is 18.3. The highest BCUT2D eigenvalue weighted by Gasteiger charge is 2.48. The summed E-state index contributed by atoms with van der Waals surface area (Å²) < 4.78 is 5.33. The van der Waals surface area contributed by atoms with Crippen LogP contribution in [0.3, 0.4) is 0 Å². The monoisotopic (exact) mass is 439 g/mol. The fraction of sp³-hybridized carbons (Fsp3) is 0.435. The average molecular weight is 440 g/mol. The first-order valence-corrected chi connectivity index (χ1v) is 10.6. The summed E-state index contributed by atoms with van der Waals surface area (Å²) in [5, 5.41) is 0. The number of hydrogen-bond donors (Lipinski definition) is 1. The molecule has 0 atom stereocenters. The van der Waals surface area contributed by atoms with Gasteiger partial charge in [0.15, 0.2) is 0 Å². The highest BCUT2D eigenvalue weighted by Crippen LogP contribution is 2.33. The van der Waals surface area contributed by atoms with Crippen LogP contribution in [0.15, 0.2) is 36.7 Å². The summed E-state index contributed by atoms with van der Waals surface area (Å²) in [4.78, 5) is 46.1. The molecule has 1 aromatic carbocycles. The van der Waals surface area contributed by atoms with Gasteiger partial charge in [0.1, 0.15) is 12.2 Å². The molecule has 0 unspecified atom stereocenters. The van der Waals surface area contributed by atoms with Crippen molar-refractivity contribution in [3.63, 3.8) is 0 Å². The summed E-state index contributed by atoms with van der Waals surface area (Å²) in [6, 6.07) is 8.25. The molecular weight excluding hydrogens is 410 g/mol. The van der Waals surface area contributed by atoms with Gasteiger partial charge < -0.3 is 25.1 Å². The van der Waals surface area contributed by atoms with Gasteiger partial charge >= 0.3 is 0 Å². The Hall–Kier alpha value is -3.33. The van der Waals surface area contributed by atoms with Crippen LogP contribution in [0.1, 0.15) is 18.4 Å². The van der Waals surface area contributed by atoms with Crippen molar-refractivity contribution >= 4 is 24.6 Å². The summed E-state index contributed by atoms with van der Waals surface area (Å²) in [6.45, 7) is 7.07. The third-order valence-electron chi connectivity index (χ3n) is 6.10. The quantitative estimate of drug-likeness (QED) is 0.711. The van der Waals surface area contributed by atoms with Crippen LogP contribution in [-0.2, 0) is 19.1 Å². The second-order valence-electron chi connectivity index (χ2n) is 7.98. The third kappa shape index (κ3) is 4.77. The van der Waals surface area contributed by atoms with E-state index >= 15 is 0 Å². The highest BCUT2D eigenvalue weighted by atomic mass is 16.5. The lowest BCUT2D eigenvalue weighted by atomic mass is 9.78. The van der Waals surface area contributed by atoms with Crippen molar-refractivity contribution < 1.29 is 19.1 Å². The van der Waals surface area contributed by atoms with Crippen molar-refractivity contribution in [2.24, 2.45) is 11.1 Å². The van der Waals surface area contributed by atoms with Gasteiger partial charge in [0.05, 0.1) is 0 Å². The molecule has 2 amide bonds. The van der Waals surface area contributed by atoms with Crippen LogP contribution < -0.4 is 10.6 Å². The molecule has 4 rings (SSSR count). The number of ether oxygens (including phenoxy) is 1. The molecule has 0 spiro atoms. The minimum atomic E-state index is -1.13. The van der Waals surface area contributed by atoms with Gasteiger partial charge in [-0.3, -0.25) is 9.59 Å². The van der Waals surface area contributed by atoms with E-state index in [0.717, 1.165) is 11.1 Å². The molecule has 2 aliphatic heterocycles. The van der Waals surface area contributed by atoms with Crippen molar-refractivity contribution in [2.75, 3.05) is 44.3 Å². The number of nitrogens with zero attached hydrogens (tertiary/aromatic N) is 4. The van der Waals surface area contributed by atoms with Crippen LogP contribution in [0.5, 0.6) is 0 Å². The molecule has 2 aromatic rings. The average Bonchev–Trinajstić information content (AvgIpc) is 2.86. The van der Waals surface area contributed by atoms with Crippen LogP contribution in [0.4, 0.5) is 5.95 Å². The van der Waals surface area contributed by atoms with Crippen LogP contribution in [0, 0.1) is 12.3 Å². The predicted octanol–water partition coefficient (Wildman–Crippen LogP) is 1.20. The molecule has 0 aliphatic carbocycles. The summed E-state index contributed by atoms with van der Waals surface area (Å²) >= 11 is 0. The Morgan fingerprint density at radius 3 is 2.06 bits per heavy atom. The summed E-state index contributed by atoms with van der Waals surface area (Å²) in [5.41, 5.74) is 7.75. The van der Waals surface area contributed by atoms with Gasteiger partial charge in [-0.2, -0.15) is 0 Å². The first-order chi connectivity index (χ1) is 15.5. The molecule has 0 saturated carbocycles. The number of aromatic nitrogens is 2. The lowest BCUT2D eigenvalue weighted by molar-refractivity contribution is -0.156. The number of primary amides is 1. The summed E-state index contributed by atoms with van der Waals surface area (Å²) in [6.07, 6.45) is 4.36. The number of hydrogen-bond acceptors (Lipinski definition) is 7. The van der Waals surface area contributed by atoms with Gasteiger partial charge in [-0.25, -0.2) is 9.97 Å². The van der Waals surface area contributed by atoms with Crippen molar-refractivity contribution in [1.29, 1.82) is 0 Å². The molecule has 9 heteroatoms. The largest absolute Gasteiger partial charge is 0.381 e. The Morgan fingerprint density at radius 1 is 0.969 bits per heavy atom. The molecule has 2 N–H and O–H groups in total. The van der Waals surface area contributed by atoms with Crippen LogP contribution in [-0.4, -0.2) is 72.9 Å². The number of piperazine rings is 1. The van der Waals surface area contributed by atoms with Gasteiger partial charge in [0.2, 0.25) is 17.8 Å².